The van der Waals surface area contributed by atoms with Gasteiger partial charge in [-0.1, -0.05) is 26.0 Å². The van der Waals surface area contributed by atoms with Gasteiger partial charge in [0.15, 0.2) is 0 Å². The number of nitrogens with one attached hydrogen (secondary N) is 1. The van der Waals surface area contributed by atoms with Crippen molar-refractivity contribution in [2.45, 2.75) is 45.6 Å². The van der Waals surface area contributed by atoms with E-state index >= 15 is 0 Å². The normalized spacial score (nSPS) is 12.2. The fourth-order valence-electron chi connectivity index (χ4n) is 2.11. The van der Waals surface area contributed by atoms with Gasteiger partial charge < -0.3 is 20.9 Å². The number of carbonyl (C=O) groups excluding carboxylic acids is 1. The third-order valence-corrected chi connectivity index (χ3v) is 3.55. The summed E-state index contributed by atoms with van der Waals surface area (Å²) in [6, 6.07) is 7.66. The molecule has 130 valence electrons. The van der Waals surface area contributed by atoms with Gasteiger partial charge in [0.25, 0.3) is 0 Å². The van der Waals surface area contributed by atoms with Crippen LogP contribution in [0.4, 0.5) is 0 Å². The van der Waals surface area contributed by atoms with Gasteiger partial charge in [-0.3, -0.25) is 4.79 Å². The molecule has 1 unspecified atom stereocenters. The average molecular weight is 322 g/mol. The van der Waals surface area contributed by atoms with Crippen LogP contribution >= 0.6 is 0 Å². The molecule has 0 aromatic heterocycles. The maximum absolute atomic E-state index is 11.5. The zero-order valence-corrected chi connectivity index (χ0v) is 14.3. The maximum Gasteiger partial charge on any atom is 0.220 e. The van der Waals surface area contributed by atoms with Crippen LogP contribution in [0.25, 0.3) is 0 Å². The Hall–Kier alpha value is -1.59. The van der Waals surface area contributed by atoms with Crippen LogP contribution < -0.4 is 15.8 Å². The number of nitrogens with two attached hydrogens (primary N) is 1. The summed E-state index contributed by atoms with van der Waals surface area (Å²) >= 11 is 0. The number of carbonyl (C=O) groups is 1. The Kier molecular flexibility index (Phi) is 9.33. The van der Waals surface area contributed by atoms with Gasteiger partial charge in [0, 0.05) is 19.5 Å². The highest BCUT2D eigenvalue weighted by Gasteiger charge is 2.07. The van der Waals surface area contributed by atoms with Crippen molar-refractivity contribution in [3.05, 3.63) is 29.8 Å². The Balaban J connectivity index is 2.29. The smallest absolute Gasteiger partial charge is 0.220 e. The number of benzene rings is 1. The SMILES string of the molecule is CC(C)CCC(O)COc1ccc(CCC(=O)NCCN)cc1. The zero-order chi connectivity index (χ0) is 17.1. The minimum absolute atomic E-state index is 0.0176. The molecule has 1 atom stereocenters. The van der Waals surface area contributed by atoms with E-state index in [9.17, 15) is 9.90 Å². The molecule has 0 aliphatic carbocycles. The van der Waals surface area contributed by atoms with Crippen LogP contribution in [-0.4, -0.2) is 36.8 Å². The van der Waals surface area contributed by atoms with E-state index in [1.807, 2.05) is 24.3 Å². The van der Waals surface area contributed by atoms with Crippen LogP contribution in [0.3, 0.4) is 0 Å². The van der Waals surface area contributed by atoms with E-state index in [-0.39, 0.29) is 5.91 Å². The van der Waals surface area contributed by atoms with Crippen molar-refractivity contribution in [2.75, 3.05) is 19.7 Å². The van der Waals surface area contributed by atoms with Gasteiger partial charge in [-0.25, -0.2) is 0 Å². The molecule has 0 bridgehead atoms. The Bertz CT molecular complexity index is 446. The predicted molar refractivity (Wildman–Crippen MR) is 92.4 cm³/mol. The van der Waals surface area contributed by atoms with E-state index in [0.29, 0.717) is 38.5 Å². The number of ether oxygens (including phenoxy) is 1. The van der Waals surface area contributed by atoms with Crippen LogP contribution in [0.15, 0.2) is 24.3 Å². The monoisotopic (exact) mass is 322 g/mol. The molecule has 1 amide bonds. The van der Waals surface area contributed by atoms with Crippen molar-refractivity contribution in [2.24, 2.45) is 11.7 Å². The van der Waals surface area contributed by atoms with Gasteiger partial charge in [0.2, 0.25) is 5.91 Å². The predicted octanol–water partition coefficient (Wildman–Crippen LogP) is 1.87. The van der Waals surface area contributed by atoms with Crippen molar-refractivity contribution in [1.82, 2.24) is 5.32 Å². The van der Waals surface area contributed by atoms with Crippen molar-refractivity contribution < 1.29 is 14.6 Å². The van der Waals surface area contributed by atoms with Crippen molar-refractivity contribution in [3.8, 4) is 5.75 Å². The highest BCUT2D eigenvalue weighted by Crippen LogP contribution is 2.15. The summed E-state index contributed by atoms with van der Waals surface area (Å²) in [6.45, 7) is 5.57. The van der Waals surface area contributed by atoms with Crippen molar-refractivity contribution in [3.63, 3.8) is 0 Å². The molecule has 5 heteroatoms. The largest absolute Gasteiger partial charge is 0.491 e. The van der Waals surface area contributed by atoms with Gasteiger partial charge in [-0.05, 0) is 42.9 Å². The third kappa shape index (κ3) is 9.21. The van der Waals surface area contributed by atoms with Gasteiger partial charge in [0.1, 0.15) is 12.4 Å². The Morgan fingerprint density at radius 3 is 2.57 bits per heavy atom. The molecular weight excluding hydrogens is 292 g/mol. The lowest BCUT2D eigenvalue weighted by Gasteiger charge is -2.13. The summed E-state index contributed by atoms with van der Waals surface area (Å²) in [6.07, 6.45) is 2.47. The summed E-state index contributed by atoms with van der Waals surface area (Å²) in [5.74, 6) is 1.35. The Labute approximate surface area is 139 Å². The molecule has 0 spiro atoms. The summed E-state index contributed by atoms with van der Waals surface area (Å²) in [5.41, 5.74) is 6.42. The van der Waals surface area contributed by atoms with Gasteiger partial charge in [-0.15, -0.1) is 0 Å². The highest BCUT2D eigenvalue weighted by molar-refractivity contribution is 5.76. The molecule has 0 aliphatic heterocycles. The number of hydrogen-bond acceptors (Lipinski definition) is 4. The lowest BCUT2D eigenvalue weighted by atomic mass is 10.1. The molecule has 5 nitrogen and oxygen atoms in total. The number of rotatable bonds is 11. The second-order valence-corrected chi connectivity index (χ2v) is 6.22. The molecule has 4 N–H and O–H groups in total. The van der Waals surface area contributed by atoms with E-state index in [0.717, 1.165) is 24.2 Å². The van der Waals surface area contributed by atoms with Crippen LogP contribution in [0.1, 0.15) is 38.7 Å². The molecule has 0 fully saturated rings. The average Bonchev–Trinajstić information content (AvgIpc) is 2.55. The molecule has 1 aromatic carbocycles. The summed E-state index contributed by atoms with van der Waals surface area (Å²) in [4.78, 5) is 11.5. The minimum Gasteiger partial charge on any atom is -0.491 e. The summed E-state index contributed by atoms with van der Waals surface area (Å²) in [7, 11) is 0. The highest BCUT2D eigenvalue weighted by atomic mass is 16.5. The van der Waals surface area contributed by atoms with Crippen LogP contribution in [-0.2, 0) is 11.2 Å². The maximum atomic E-state index is 11.5. The van der Waals surface area contributed by atoms with E-state index < -0.39 is 6.10 Å². The van der Waals surface area contributed by atoms with Crippen molar-refractivity contribution >= 4 is 5.91 Å². The molecule has 0 radical (unpaired) electrons. The summed E-state index contributed by atoms with van der Waals surface area (Å²) in [5, 5.41) is 12.6. The molecule has 1 rings (SSSR count). The second kappa shape index (κ2) is 11.0. The van der Waals surface area contributed by atoms with Crippen LogP contribution in [0, 0.1) is 5.92 Å². The number of hydrogen-bond donors (Lipinski definition) is 3. The van der Waals surface area contributed by atoms with Gasteiger partial charge in [0.05, 0.1) is 6.10 Å². The van der Waals surface area contributed by atoms with Crippen LogP contribution in [0.5, 0.6) is 5.75 Å². The first kappa shape index (κ1) is 19.5. The lowest BCUT2D eigenvalue weighted by Crippen LogP contribution is -2.29. The minimum atomic E-state index is -0.427. The summed E-state index contributed by atoms with van der Waals surface area (Å²) < 4.78 is 5.59. The number of aliphatic hydroxyl groups is 1. The van der Waals surface area contributed by atoms with Gasteiger partial charge in [-0.2, -0.15) is 0 Å². The fourth-order valence-corrected chi connectivity index (χ4v) is 2.11. The quantitative estimate of drug-likeness (QED) is 0.581. The van der Waals surface area contributed by atoms with Crippen LogP contribution in [0.2, 0.25) is 0 Å². The molecule has 0 aliphatic rings. The topological polar surface area (TPSA) is 84.6 Å². The molecular formula is C18H30N2O3. The molecule has 0 saturated carbocycles. The number of aliphatic hydroxyl groups excluding tert-OH is 1. The number of amides is 1. The fraction of sp³-hybridized carbons (Fsp3) is 0.611. The molecule has 1 aromatic rings. The molecule has 0 saturated heterocycles. The van der Waals surface area contributed by atoms with Gasteiger partial charge >= 0.3 is 0 Å². The van der Waals surface area contributed by atoms with E-state index in [1.165, 1.54) is 0 Å². The molecule has 0 heterocycles. The van der Waals surface area contributed by atoms with Crippen molar-refractivity contribution in [1.29, 1.82) is 0 Å². The van der Waals surface area contributed by atoms with E-state index in [4.69, 9.17) is 10.5 Å². The standard InChI is InChI=1S/C18H30N2O3/c1-14(2)3-7-16(21)13-23-17-8-4-15(5-9-17)6-10-18(22)20-12-11-19/h4-5,8-9,14,16,21H,3,6-7,10-13,19H2,1-2H3,(H,20,22). The second-order valence-electron chi connectivity index (χ2n) is 6.22. The number of aryl methyl sites for hydroxylation is 1. The first-order valence-electron chi connectivity index (χ1n) is 8.37. The Morgan fingerprint density at radius 2 is 1.96 bits per heavy atom. The first-order valence-corrected chi connectivity index (χ1v) is 8.37. The Morgan fingerprint density at radius 1 is 1.26 bits per heavy atom. The third-order valence-electron chi connectivity index (χ3n) is 3.55. The van der Waals surface area contributed by atoms with E-state index in [2.05, 4.69) is 19.2 Å². The van der Waals surface area contributed by atoms with E-state index in [1.54, 1.807) is 0 Å². The first-order chi connectivity index (χ1) is 11.0. The zero-order valence-electron chi connectivity index (χ0n) is 14.3. The molecule has 23 heavy (non-hydrogen) atoms. The lowest BCUT2D eigenvalue weighted by molar-refractivity contribution is -0.120.